The molecule has 1 fully saturated rings. The number of urea groups is 1. The third kappa shape index (κ3) is 2.69. The van der Waals surface area contributed by atoms with Crippen LogP contribution in [0.4, 0.5) is 9.93 Å². The second-order valence-corrected chi connectivity index (χ2v) is 5.69. The average Bonchev–Trinajstić information content (AvgIpc) is 2.81. The molecular formula is C13H16N4OS. The molecule has 0 spiro atoms. The number of piperazine rings is 1. The molecular weight excluding hydrogens is 260 g/mol. The molecule has 2 N–H and O–H groups in total. The monoisotopic (exact) mass is 276 g/mol. The molecule has 3 rings (SSSR count). The van der Waals surface area contributed by atoms with Gasteiger partial charge in [-0.15, -0.1) is 0 Å². The van der Waals surface area contributed by atoms with Gasteiger partial charge in [0.05, 0.1) is 10.2 Å². The zero-order valence-electron chi connectivity index (χ0n) is 10.8. The summed E-state index contributed by atoms with van der Waals surface area (Å²) in [5, 5.41) is 6.78. The van der Waals surface area contributed by atoms with Crippen molar-refractivity contribution in [3.05, 3.63) is 23.8 Å². The molecule has 0 aliphatic carbocycles. The average molecular weight is 276 g/mol. The molecule has 19 heavy (non-hydrogen) atoms. The van der Waals surface area contributed by atoms with Crippen LogP contribution in [0.2, 0.25) is 0 Å². The predicted octanol–water partition coefficient (Wildman–Crippen LogP) is 2.04. The number of hydrogen-bond acceptors (Lipinski definition) is 4. The Balaban J connectivity index is 1.75. The third-order valence-corrected chi connectivity index (χ3v) is 4.10. The third-order valence-electron chi connectivity index (χ3n) is 3.16. The Morgan fingerprint density at radius 2 is 2.21 bits per heavy atom. The standard InChI is InChI=1S/C13H16N4OS/c1-9-2-3-10-11(8-9)19-12(15-10)16-13(18)17-6-4-14-5-7-17/h2-3,8,14H,4-7H2,1H3,(H,15,16,18). The maximum absolute atomic E-state index is 12.1. The number of carbonyl (C=O) groups is 1. The summed E-state index contributed by atoms with van der Waals surface area (Å²) in [7, 11) is 0. The van der Waals surface area contributed by atoms with Gasteiger partial charge < -0.3 is 10.2 Å². The number of benzene rings is 1. The lowest BCUT2D eigenvalue weighted by Crippen LogP contribution is -2.48. The highest BCUT2D eigenvalue weighted by Crippen LogP contribution is 2.26. The van der Waals surface area contributed by atoms with Crippen LogP contribution in [0, 0.1) is 6.92 Å². The summed E-state index contributed by atoms with van der Waals surface area (Å²) in [5.41, 5.74) is 2.14. The zero-order valence-corrected chi connectivity index (χ0v) is 11.6. The van der Waals surface area contributed by atoms with Crippen molar-refractivity contribution in [1.29, 1.82) is 0 Å². The van der Waals surface area contributed by atoms with Crippen molar-refractivity contribution < 1.29 is 4.79 Å². The molecule has 5 nitrogen and oxygen atoms in total. The quantitative estimate of drug-likeness (QED) is 0.838. The molecule has 1 saturated heterocycles. The van der Waals surface area contributed by atoms with E-state index >= 15 is 0 Å². The van der Waals surface area contributed by atoms with Crippen LogP contribution in [0.5, 0.6) is 0 Å². The highest BCUT2D eigenvalue weighted by molar-refractivity contribution is 7.22. The normalized spacial score (nSPS) is 15.7. The number of thiazole rings is 1. The molecule has 1 aromatic carbocycles. The Morgan fingerprint density at radius 1 is 1.42 bits per heavy atom. The zero-order chi connectivity index (χ0) is 13.2. The van der Waals surface area contributed by atoms with Crippen LogP contribution in [-0.2, 0) is 0 Å². The first-order valence-corrected chi connectivity index (χ1v) is 7.18. The number of aromatic nitrogens is 1. The van der Waals surface area contributed by atoms with Crippen LogP contribution in [-0.4, -0.2) is 42.1 Å². The first-order valence-electron chi connectivity index (χ1n) is 6.36. The number of aryl methyl sites for hydroxylation is 1. The number of fused-ring (bicyclic) bond motifs is 1. The van der Waals surface area contributed by atoms with E-state index in [0.29, 0.717) is 5.13 Å². The topological polar surface area (TPSA) is 57.3 Å². The molecule has 6 heteroatoms. The molecule has 1 aliphatic rings. The predicted molar refractivity (Wildman–Crippen MR) is 77.8 cm³/mol. The number of carbonyl (C=O) groups excluding carboxylic acids is 1. The van der Waals surface area contributed by atoms with E-state index in [1.54, 1.807) is 0 Å². The maximum Gasteiger partial charge on any atom is 0.323 e. The van der Waals surface area contributed by atoms with Crippen molar-refractivity contribution in [3.63, 3.8) is 0 Å². The fourth-order valence-corrected chi connectivity index (χ4v) is 3.08. The molecule has 0 unspecified atom stereocenters. The molecule has 1 aromatic heterocycles. The summed E-state index contributed by atoms with van der Waals surface area (Å²) >= 11 is 1.52. The summed E-state index contributed by atoms with van der Waals surface area (Å²) in [6, 6.07) is 6.05. The van der Waals surface area contributed by atoms with E-state index in [0.717, 1.165) is 36.4 Å². The van der Waals surface area contributed by atoms with E-state index in [2.05, 4.69) is 28.6 Å². The molecule has 2 aromatic rings. The van der Waals surface area contributed by atoms with Gasteiger partial charge in [-0.3, -0.25) is 5.32 Å². The summed E-state index contributed by atoms with van der Waals surface area (Å²) in [6.07, 6.45) is 0. The smallest absolute Gasteiger partial charge is 0.322 e. The molecule has 100 valence electrons. The fourth-order valence-electron chi connectivity index (χ4n) is 2.12. The minimum atomic E-state index is -0.0581. The molecule has 1 aliphatic heterocycles. The number of rotatable bonds is 1. The van der Waals surface area contributed by atoms with E-state index in [-0.39, 0.29) is 6.03 Å². The van der Waals surface area contributed by atoms with Crippen molar-refractivity contribution in [2.45, 2.75) is 6.92 Å². The van der Waals surface area contributed by atoms with Gasteiger partial charge in [-0.2, -0.15) is 0 Å². The lowest BCUT2D eigenvalue weighted by molar-refractivity contribution is 0.204. The minimum Gasteiger partial charge on any atom is -0.322 e. The van der Waals surface area contributed by atoms with Crippen LogP contribution < -0.4 is 10.6 Å². The van der Waals surface area contributed by atoms with E-state index in [1.807, 2.05) is 17.0 Å². The van der Waals surface area contributed by atoms with E-state index < -0.39 is 0 Å². The highest BCUT2D eigenvalue weighted by atomic mass is 32.1. The van der Waals surface area contributed by atoms with Crippen LogP contribution in [0.25, 0.3) is 10.2 Å². The summed E-state index contributed by atoms with van der Waals surface area (Å²) in [4.78, 5) is 18.3. The van der Waals surface area contributed by atoms with Crippen molar-refractivity contribution in [2.24, 2.45) is 0 Å². The lowest BCUT2D eigenvalue weighted by atomic mass is 10.2. The SMILES string of the molecule is Cc1ccc2nc(NC(=O)N3CCNCC3)sc2c1. The summed E-state index contributed by atoms with van der Waals surface area (Å²) in [5.74, 6) is 0. The Morgan fingerprint density at radius 3 is 3.00 bits per heavy atom. The number of anilines is 1. The highest BCUT2D eigenvalue weighted by Gasteiger charge is 2.17. The largest absolute Gasteiger partial charge is 0.323 e. The van der Waals surface area contributed by atoms with Gasteiger partial charge in [0.1, 0.15) is 0 Å². The number of hydrogen-bond donors (Lipinski definition) is 2. The van der Waals surface area contributed by atoms with E-state index in [4.69, 9.17) is 0 Å². The number of nitrogens with zero attached hydrogens (tertiary/aromatic N) is 2. The fraction of sp³-hybridized carbons (Fsp3) is 0.385. The maximum atomic E-state index is 12.1. The van der Waals surface area contributed by atoms with Crippen LogP contribution in [0.3, 0.4) is 0 Å². The van der Waals surface area contributed by atoms with Crippen LogP contribution in [0.1, 0.15) is 5.56 Å². The minimum absolute atomic E-state index is 0.0581. The van der Waals surface area contributed by atoms with Gasteiger partial charge in [0, 0.05) is 26.2 Å². The van der Waals surface area contributed by atoms with Gasteiger partial charge in [0.2, 0.25) is 0 Å². The molecule has 0 bridgehead atoms. The van der Waals surface area contributed by atoms with Crippen molar-refractivity contribution in [2.75, 3.05) is 31.5 Å². The van der Waals surface area contributed by atoms with Crippen LogP contribution in [0.15, 0.2) is 18.2 Å². The van der Waals surface area contributed by atoms with Crippen LogP contribution >= 0.6 is 11.3 Å². The molecule has 0 atom stereocenters. The first kappa shape index (κ1) is 12.4. The van der Waals surface area contributed by atoms with Gasteiger partial charge in [-0.05, 0) is 24.6 Å². The van der Waals surface area contributed by atoms with E-state index in [9.17, 15) is 4.79 Å². The molecule has 2 amide bonds. The van der Waals surface area contributed by atoms with E-state index in [1.165, 1.54) is 16.9 Å². The second kappa shape index (κ2) is 5.14. The van der Waals surface area contributed by atoms with Gasteiger partial charge in [0.15, 0.2) is 5.13 Å². The summed E-state index contributed by atoms with van der Waals surface area (Å²) < 4.78 is 1.11. The lowest BCUT2D eigenvalue weighted by Gasteiger charge is -2.26. The van der Waals surface area contributed by atoms with Gasteiger partial charge in [-0.25, -0.2) is 9.78 Å². The van der Waals surface area contributed by atoms with Gasteiger partial charge in [-0.1, -0.05) is 17.4 Å². The van der Waals surface area contributed by atoms with Gasteiger partial charge in [0.25, 0.3) is 0 Å². The Labute approximate surface area is 115 Å². The van der Waals surface area contributed by atoms with Crippen molar-refractivity contribution >= 4 is 32.7 Å². The summed E-state index contributed by atoms with van der Waals surface area (Å²) in [6.45, 7) is 5.25. The molecule has 0 radical (unpaired) electrons. The second-order valence-electron chi connectivity index (χ2n) is 4.66. The molecule has 2 heterocycles. The Hall–Kier alpha value is -1.66. The molecule has 0 saturated carbocycles. The van der Waals surface area contributed by atoms with Gasteiger partial charge >= 0.3 is 6.03 Å². The van der Waals surface area contributed by atoms with Crippen molar-refractivity contribution in [1.82, 2.24) is 15.2 Å². The number of amides is 2. The Bertz CT molecular complexity index is 604. The Kier molecular flexibility index (Phi) is 3.35. The van der Waals surface area contributed by atoms with Crippen molar-refractivity contribution in [3.8, 4) is 0 Å². The number of nitrogens with one attached hydrogen (secondary N) is 2. The first-order chi connectivity index (χ1) is 9.22.